The van der Waals surface area contributed by atoms with Crippen molar-refractivity contribution in [2.24, 2.45) is 12.8 Å². The van der Waals surface area contributed by atoms with E-state index in [-0.39, 0.29) is 11.9 Å². The van der Waals surface area contributed by atoms with Gasteiger partial charge in [0.05, 0.1) is 22.4 Å². The van der Waals surface area contributed by atoms with Crippen molar-refractivity contribution >= 4 is 33.5 Å². The van der Waals surface area contributed by atoms with E-state index in [2.05, 4.69) is 58.3 Å². The summed E-state index contributed by atoms with van der Waals surface area (Å²) in [6, 6.07) is 14.6. The van der Waals surface area contributed by atoms with Gasteiger partial charge in [-0.05, 0) is 44.0 Å². The molecule has 0 radical (unpaired) electrons. The molecule has 1 atom stereocenters. The van der Waals surface area contributed by atoms with Crippen LogP contribution in [-0.4, -0.2) is 58.2 Å². The summed E-state index contributed by atoms with van der Waals surface area (Å²) in [7, 11) is 6.07. The molecule has 1 aliphatic heterocycles. The number of hydrogen-bond donors (Lipinski definition) is 1. The Kier molecular flexibility index (Phi) is 5.37. The molecule has 172 valence electrons. The number of aryl methyl sites for hydroxylation is 2. The maximum absolute atomic E-state index is 13.4. The molecule has 7 nitrogen and oxygen atoms in total. The van der Waals surface area contributed by atoms with Gasteiger partial charge in [-0.3, -0.25) is 4.79 Å². The minimum Gasteiger partial charge on any atom is -0.376 e. The van der Waals surface area contributed by atoms with Gasteiger partial charge in [0, 0.05) is 63.3 Å². The fourth-order valence-corrected chi connectivity index (χ4v) is 5.13. The van der Waals surface area contributed by atoms with Gasteiger partial charge in [0.15, 0.2) is 5.82 Å². The molecule has 5 rings (SSSR count). The van der Waals surface area contributed by atoms with Crippen molar-refractivity contribution in [3.05, 3.63) is 48.0 Å². The quantitative estimate of drug-likeness (QED) is 0.519. The van der Waals surface area contributed by atoms with Gasteiger partial charge in [0.25, 0.3) is 5.91 Å². The zero-order valence-corrected chi connectivity index (χ0v) is 19.9. The van der Waals surface area contributed by atoms with Crippen LogP contribution < -0.4 is 10.6 Å². The summed E-state index contributed by atoms with van der Waals surface area (Å²) in [4.78, 5) is 22.3. The van der Waals surface area contributed by atoms with Crippen LogP contribution in [0.3, 0.4) is 0 Å². The molecule has 0 spiro atoms. The first kappa shape index (κ1) is 21.5. The van der Waals surface area contributed by atoms with E-state index < -0.39 is 0 Å². The number of fused-ring (bicyclic) bond motifs is 2. The monoisotopic (exact) mass is 444 g/mol. The Labute approximate surface area is 194 Å². The molecule has 0 saturated carbocycles. The molecule has 1 aliphatic rings. The number of para-hydroxylation sites is 1. The van der Waals surface area contributed by atoms with Gasteiger partial charge in [-0.1, -0.05) is 18.2 Å². The number of benzene rings is 2. The Hall–Kier alpha value is -3.32. The summed E-state index contributed by atoms with van der Waals surface area (Å²) in [5.74, 6) is 0.931. The van der Waals surface area contributed by atoms with E-state index in [0.29, 0.717) is 12.1 Å². The number of amides is 1. The summed E-state index contributed by atoms with van der Waals surface area (Å²) in [6.07, 6.45) is 1.92. The van der Waals surface area contributed by atoms with Gasteiger partial charge < -0.3 is 24.7 Å². The summed E-state index contributed by atoms with van der Waals surface area (Å²) < 4.78 is 4.45. The molecule has 1 unspecified atom stereocenters. The largest absolute Gasteiger partial charge is 0.376 e. The number of piperidine rings is 1. The predicted molar refractivity (Wildman–Crippen MR) is 135 cm³/mol. The molecule has 2 aromatic carbocycles. The SMILES string of the molecule is CCn1c(-c2nc3cc(C(=O)N4CCCC(N)C4)cc(N(C)C)c3n2C)cc2ccccc21. The van der Waals surface area contributed by atoms with Crippen LogP contribution in [0.1, 0.15) is 30.1 Å². The van der Waals surface area contributed by atoms with Crippen LogP contribution >= 0.6 is 0 Å². The van der Waals surface area contributed by atoms with Crippen molar-refractivity contribution in [2.75, 3.05) is 32.1 Å². The molecule has 3 heterocycles. The zero-order chi connectivity index (χ0) is 23.3. The van der Waals surface area contributed by atoms with Gasteiger partial charge in [0.1, 0.15) is 0 Å². The molecule has 4 aromatic rings. The molecule has 2 aromatic heterocycles. The molecule has 0 aliphatic carbocycles. The van der Waals surface area contributed by atoms with E-state index in [9.17, 15) is 4.79 Å². The third kappa shape index (κ3) is 3.56. The molecule has 2 N–H and O–H groups in total. The third-order valence-corrected chi connectivity index (χ3v) is 6.78. The number of anilines is 1. The van der Waals surface area contributed by atoms with Crippen LogP contribution in [0.25, 0.3) is 33.5 Å². The molecular formula is C26H32N6O. The number of carbonyl (C=O) groups is 1. The highest BCUT2D eigenvalue weighted by atomic mass is 16.2. The van der Waals surface area contributed by atoms with E-state index >= 15 is 0 Å². The first-order valence-corrected chi connectivity index (χ1v) is 11.7. The van der Waals surface area contributed by atoms with E-state index in [1.807, 2.05) is 31.1 Å². The number of likely N-dealkylation sites (tertiary alicyclic amines) is 1. The second-order valence-corrected chi connectivity index (χ2v) is 9.24. The number of nitrogens with zero attached hydrogens (tertiary/aromatic N) is 5. The number of nitrogens with two attached hydrogens (primary N) is 1. The lowest BCUT2D eigenvalue weighted by Crippen LogP contribution is -2.45. The first-order chi connectivity index (χ1) is 15.9. The Morgan fingerprint density at radius 2 is 2.00 bits per heavy atom. The first-order valence-electron chi connectivity index (χ1n) is 11.7. The summed E-state index contributed by atoms with van der Waals surface area (Å²) in [5, 5.41) is 1.20. The summed E-state index contributed by atoms with van der Waals surface area (Å²) in [5.41, 5.74) is 11.9. The minimum absolute atomic E-state index is 0.0324. The van der Waals surface area contributed by atoms with Crippen molar-refractivity contribution < 1.29 is 4.79 Å². The smallest absolute Gasteiger partial charge is 0.254 e. The summed E-state index contributed by atoms with van der Waals surface area (Å²) in [6.45, 7) is 4.37. The van der Waals surface area contributed by atoms with Crippen molar-refractivity contribution in [3.8, 4) is 11.5 Å². The van der Waals surface area contributed by atoms with Crippen LogP contribution in [0.4, 0.5) is 5.69 Å². The average Bonchev–Trinajstić information content (AvgIpc) is 3.35. The lowest BCUT2D eigenvalue weighted by Gasteiger charge is -2.31. The Bertz CT molecular complexity index is 1350. The predicted octanol–water partition coefficient (Wildman–Crippen LogP) is 3.84. The van der Waals surface area contributed by atoms with Crippen molar-refractivity contribution in [1.29, 1.82) is 0 Å². The number of rotatable bonds is 4. The van der Waals surface area contributed by atoms with E-state index in [1.54, 1.807) is 0 Å². The Morgan fingerprint density at radius 3 is 2.73 bits per heavy atom. The lowest BCUT2D eigenvalue weighted by molar-refractivity contribution is 0.0709. The van der Waals surface area contributed by atoms with Crippen molar-refractivity contribution in [3.63, 3.8) is 0 Å². The van der Waals surface area contributed by atoms with Gasteiger partial charge >= 0.3 is 0 Å². The van der Waals surface area contributed by atoms with E-state index in [1.165, 1.54) is 10.9 Å². The Balaban J connectivity index is 1.67. The highest BCUT2D eigenvalue weighted by molar-refractivity contribution is 6.02. The highest BCUT2D eigenvalue weighted by Gasteiger charge is 2.25. The average molecular weight is 445 g/mol. The van der Waals surface area contributed by atoms with Crippen LogP contribution in [0.15, 0.2) is 42.5 Å². The highest BCUT2D eigenvalue weighted by Crippen LogP contribution is 2.34. The Morgan fingerprint density at radius 1 is 1.21 bits per heavy atom. The van der Waals surface area contributed by atoms with Gasteiger partial charge in [-0.2, -0.15) is 0 Å². The standard InChI is InChI=1S/C26H32N6O/c1-5-32-21-11-7-6-9-17(21)14-23(32)25-28-20-13-18(15-22(29(2)3)24(20)30(25)4)26(33)31-12-8-10-19(27)16-31/h6-7,9,11,13-15,19H,5,8,10,12,16,27H2,1-4H3. The van der Waals surface area contributed by atoms with Gasteiger partial charge in [-0.25, -0.2) is 4.98 Å². The number of aromatic nitrogens is 3. The van der Waals surface area contributed by atoms with Crippen LogP contribution in [-0.2, 0) is 13.6 Å². The number of carbonyl (C=O) groups excluding carboxylic acids is 1. The summed E-state index contributed by atoms with van der Waals surface area (Å²) >= 11 is 0. The van der Waals surface area contributed by atoms with Crippen LogP contribution in [0, 0.1) is 0 Å². The van der Waals surface area contributed by atoms with E-state index in [4.69, 9.17) is 10.7 Å². The van der Waals surface area contributed by atoms with Crippen LogP contribution in [0.2, 0.25) is 0 Å². The molecule has 7 heteroatoms. The molecular weight excluding hydrogens is 412 g/mol. The maximum Gasteiger partial charge on any atom is 0.254 e. The zero-order valence-electron chi connectivity index (χ0n) is 19.9. The van der Waals surface area contributed by atoms with Crippen molar-refractivity contribution in [1.82, 2.24) is 19.0 Å². The second-order valence-electron chi connectivity index (χ2n) is 9.24. The fraction of sp³-hybridized carbons (Fsp3) is 0.385. The maximum atomic E-state index is 13.4. The third-order valence-electron chi connectivity index (χ3n) is 6.78. The van der Waals surface area contributed by atoms with E-state index in [0.717, 1.165) is 54.2 Å². The molecule has 33 heavy (non-hydrogen) atoms. The molecule has 1 fully saturated rings. The molecule has 1 saturated heterocycles. The topological polar surface area (TPSA) is 72.3 Å². The number of imidazole rings is 1. The lowest BCUT2D eigenvalue weighted by atomic mass is 10.0. The van der Waals surface area contributed by atoms with Gasteiger partial charge in [-0.15, -0.1) is 0 Å². The second kappa shape index (κ2) is 8.23. The molecule has 1 amide bonds. The minimum atomic E-state index is 0.0324. The number of hydrogen-bond acceptors (Lipinski definition) is 4. The normalized spacial score (nSPS) is 16.6. The van der Waals surface area contributed by atoms with Crippen LogP contribution in [0.5, 0.6) is 0 Å². The van der Waals surface area contributed by atoms with Crippen molar-refractivity contribution in [2.45, 2.75) is 32.4 Å². The van der Waals surface area contributed by atoms with Gasteiger partial charge in [0.2, 0.25) is 0 Å². The molecule has 0 bridgehead atoms. The fourth-order valence-electron chi connectivity index (χ4n) is 5.13.